The monoisotopic (exact) mass is 307 g/mol. The van der Waals surface area contributed by atoms with Crippen molar-refractivity contribution in [3.63, 3.8) is 0 Å². The van der Waals surface area contributed by atoms with Gasteiger partial charge in [0.05, 0.1) is 15.2 Å². The number of benzene rings is 2. The smallest absolute Gasteiger partial charge is 0.255 e. The van der Waals surface area contributed by atoms with E-state index in [0.717, 1.165) is 31.8 Å². The lowest BCUT2D eigenvalue weighted by Crippen LogP contribution is -2.11. The zero-order chi connectivity index (χ0) is 15.1. The lowest BCUT2D eigenvalue weighted by Gasteiger charge is -2.05. The van der Waals surface area contributed by atoms with Gasteiger partial charge in [-0.15, -0.1) is 11.3 Å². The van der Waals surface area contributed by atoms with E-state index in [9.17, 15) is 4.79 Å². The van der Waals surface area contributed by atoms with Gasteiger partial charge >= 0.3 is 0 Å². The molecule has 2 aromatic heterocycles. The number of hydrogen-bond acceptors (Lipinski definition) is 3. The molecular weight excluding hydrogens is 294 g/mol. The van der Waals surface area contributed by atoms with Gasteiger partial charge in [0.2, 0.25) is 0 Å². The van der Waals surface area contributed by atoms with Gasteiger partial charge in [0.15, 0.2) is 0 Å². The van der Waals surface area contributed by atoms with E-state index in [4.69, 9.17) is 0 Å². The van der Waals surface area contributed by atoms with Gasteiger partial charge in [0, 0.05) is 23.0 Å². The SMILES string of the molecule is Cc1nc2cc(NC(=O)c3ccc4cc[nH]c4c3)ccc2s1. The number of aromatic amines is 1. The highest BCUT2D eigenvalue weighted by Crippen LogP contribution is 2.25. The number of rotatable bonds is 2. The van der Waals surface area contributed by atoms with Crippen molar-refractivity contribution in [1.29, 1.82) is 0 Å². The van der Waals surface area contributed by atoms with Crippen LogP contribution in [0.4, 0.5) is 5.69 Å². The predicted molar refractivity (Wildman–Crippen MR) is 90.6 cm³/mol. The largest absolute Gasteiger partial charge is 0.361 e. The van der Waals surface area contributed by atoms with Crippen LogP contribution in [0.25, 0.3) is 21.1 Å². The minimum absolute atomic E-state index is 0.122. The molecule has 0 spiro atoms. The summed E-state index contributed by atoms with van der Waals surface area (Å²) >= 11 is 1.65. The zero-order valence-electron chi connectivity index (χ0n) is 11.9. The highest BCUT2D eigenvalue weighted by Gasteiger charge is 2.09. The molecule has 0 atom stereocenters. The number of carbonyl (C=O) groups excluding carboxylic acids is 1. The number of nitrogens with zero attached hydrogens (tertiary/aromatic N) is 1. The van der Waals surface area contributed by atoms with Gasteiger partial charge in [-0.2, -0.15) is 0 Å². The third-order valence-electron chi connectivity index (χ3n) is 3.57. The van der Waals surface area contributed by atoms with Crippen LogP contribution in [-0.2, 0) is 0 Å². The number of anilines is 1. The summed E-state index contributed by atoms with van der Waals surface area (Å²) in [6.07, 6.45) is 1.87. The van der Waals surface area contributed by atoms with Crippen LogP contribution in [0.5, 0.6) is 0 Å². The van der Waals surface area contributed by atoms with Gasteiger partial charge in [-0.1, -0.05) is 6.07 Å². The molecule has 0 aliphatic carbocycles. The third-order valence-corrected chi connectivity index (χ3v) is 4.52. The molecule has 0 bridgehead atoms. The van der Waals surface area contributed by atoms with Crippen LogP contribution in [0.3, 0.4) is 0 Å². The molecule has 0 saturated heterocycles. The molecule has 0 aliphatic rings. The van der Waals surface area contributed by atoms with Crippen molar-refractivity contribution >= 4 is 44.1 Å². The molecule has 0 unspecified atom stereocenters. The van der Waals surface area contributed by atoms with E-state index >= 15 is 0 Å². The minimum Gasteiger partial charge on any atom is -0.361 e. The Morgan fingerprint density at radius 2 is 2.09 bits per heavy atom. The van der Waals surface area contributed by atoms with Crippen molar-refractivity contribution in [3.8, 4) is 0 Å². The maximum atomic E-state index is 12.4. The number of amides is 1. The minimum atomic E-state index is -0.122. The highest BCUT2D eigenvalue weighted by atomic mass is 32.1. The molecule has 1 amide bonds. The molecule has 5 heteroatoms. The van der Waals surface area contributed by atoms with E-state index in [1.165, 1.54) is 0 Å². The average molecular weight is 307 g/mol. The Kier molecular flexibility index (Phi) is 2.94. The summed E-state index contributed by atoms with van der Waals surface area (Å²) in [6.45, 7) is 1.98. The van der Waals surface area contributed by atoms with Crippen molar-refractivity contribution in [1.82, 2.24) is 9.97 Å². The fraction of sp³-hybridized carbons (Fsp3) is 0.0588. The normalized spacial score (nSPS) is 11.1. The molecule has 0 radical (unpaired) electrons. The summed E-state index contributed by atoms with van der Waals surface area (Å²) in [5, 5.41) is 5.05. The number of hydrogen-bond donors (Lipinski definition) is 2. The summed E-state index contributed by atoms with van der Waals surface area (Å²) < 4.78 is 1.13. The van der Waals surface area contributed by atoms with E-state index in [-0.39, 0.29) is 5.91 Å². The summed E-state index contributed by atoms with van der Waals surface area (Å²) in [6, 6.07) is 13.4. The number of nitrogens with one attached hydrogen (secondary N) is 2. The number of H-pyrrole nitrogens is 1. The summed E-state index contributed by atoms with van der Waals surface area (Å²) in [5.74, 6) is -0.122. The van der Waals surface area contributed by atoms with Crippen LogP contribution in [0.1, 0.15) is 15.4 Å². The van der Waals surface area contributed by atoms with Crippen LogP contribution in [-0.4, -0.2) is 15.9 Å². The quantitative estimate of drug-likeness (QED) is 0.579. The highest BCUT2D eigenvalue weighted by molar-refractivity contribution is 7.18. The van der Waals surface area contributed by atoms with E-state index in [1.54, 1.807) is 11.3 Å². The van der Waals surface area contributed by atoms with Crippen LogP contribution < -0.4 is 5.32 Å². The summed E-state index contributed by atoms with van der Waals surface area (Å²) in [5.41, 5.74) is 3.26. The Hall–Kier alpha value is -2.66. The molecule has 2 N–H and O–H groups in total. The average Bonchev–Trinajstić information content (AvgIpc) is 3.10. The van der Waals surface area contributed by atoms with Crippen molar-refractivity contribution in [2.45, 2.75) is 6.92 Å². The standard InChI is InChI=1S/C17H13N3OS/c1-10-19-15-9-13(4-5-16(15)22-10)20-17(21)12-3-2-11-6-7-18-14(11)8-12/h2-9,18H,1H3,(H,20,21). The van der Waals surface area contributed by atoms with Gasteiger partial charge in [0.1, 0.15) is 0 Å². The fourth-order valence-corrected chi connectivity index (χ4v) is 3.32. The predicted octanol–water partition coefficient (Wildman–Crippen LogP) is 4.34. The van der Waals surface area contributed by atoms with Crippen LogP contribution in [0.15, 0.2) is 48.7 Å². The molecule has 4 nitrogen and oxygen atoms in total. The number of thiazole rings is 1. The summed E-state index contributed by atoms with van der Waals surface area (Å²) in [7, 11) is 0. The molecular formula is C17H13N3OS. The van der Waals surface area contributed by atoms with Gasteiger partial charge in [-0.25, -0.2) is 4.98 Å². The van der Waals surface area contributed by atoms with Crippen LogP contribution in [0, 0.1) is 6.92 Å². The molecule has 2 aromatic carbocycles. The zero-order valence-corrected chi connectivity index (χ0v) is 12.7. The summed E-state index contributed by atoms with van der Waals surface area (Å²) in [4.78, 5) is 19.9. The first kappa shape index (κ1) is 13.0. The van der Waals surface area contributed by atoms with Crippen molar-refractivity contribution in [2.24, 2.45) is 0 Å². The molecule has 4 aromatic rings. The Balaban J connectivity index is 1.64. The van der Waals surface area contributed by atoms with Crippen molar-refractivity contribution in [3.05, 3.63) is 59.2 Å². The molecule has 2 heterocycles. The third kappa shape index (κ3) is 2.25. The molecule has 0 saturated carbocycles. The lowest BCUT2D eigenvalue weighted by atomic mass is 10.1. The van der Waals surface area contributed by atoms with E-state index < -0.39 is 0 Å². The van der Waals surface area contributed by atoms with Crippen LogP contribution >= 0.6 is 11.3 Å². The Labute approximate surface area is 130 Å². The van der Waals surface area contributed by atoms with E-state index in [1.807, 2.05) is 55.6 Å². The first-order valence-corrected chi connectivity index (χ1v) is 7.76. The van der Waals surface area contributed by atoms with Gasteiger partial charge in [0.25, 0.3) is 5.91 Å². The first-order valence-electron chi connectivity index (χ1n) is 6.95. The second kappa shape index (κ2) is 4.96. The number of fused-ring (bicyclic) bond motifs is 2. The van der Waals surface area contributed by atoms with E-state index in [2.05, 4.69) is 15.3 Å². The maximum absolute atomic E-state index is 12.4. The first-order chi connectivity index (χ1) is 10.7. The topological polar surface area (TPSA) is 57.8 Å². The number of aryl methyl sites for hydroxylation is 1. The van der Waals surface area contributed by atoms with Crippen molar-refractivity contribution < 1.29 is 4.79 Å². The Morgan fingerprint density at radius 1 is 1.18 bits per heavy atom. The second-order valence-corrected chi connectivity index (χ2v) is 6.38. The fourth-order valence-electron chi connectivity index (χ4n) is 2.51. The van der Waals surface area contributed by atoms with Gasteiger partial charge < -0.3 is 10.3 Å². The van der Waals surface area contributed by atoms with Gasteiger partial charge in [-0.05, 0) is 48.7 Å². The van der Waals surface area contributed by atoms with E-state index in [0.29, 0.717) is 5.56 Å². The Morgan fingerprint density at radius 3 is 3.00 bits per heavy atom. The number of carbonyl (C=O) groups is 1. The van der Waals surface area contributed by atoms with Crippen molar-refractivity contribution in [2.75, 3.05) is 5.32 Å². The lowest BCUT2D eigenvalue weighted by molar-refractivity contribution is 0.102. The second-order valence-electron chi connectivity index (χ2n) is 5.15. The number of aromatic nitrogens is 2. The van der Waals surface area contributed by atoms with Gasteiger partial charge in [-0.3, -0.25) is 4.79 Å². The van der Waals surface area contributed by atoms with Crippen LogP contribution in [0.2, 0.25) is 0 Å². The maximum Gasteiger partial charge on any atom is 0.255 e. The molecule has 0 fully saturated rings. The molecule has 108 valence electrons. The molecule has 4 rings (SSSR count). The Bertz CT molecular complexity index is 999. The molecule has 0 aliphatic heterocycles. The molecule has 22 heavy (non-hydrogen) atoms.